The van der Waals surface area contributed by atoms with Crippen molar-refractivity contribution in [2.75, 3.05) is 14.2 Å². The molecule has 5 nitrogen and oxygen atoms in total. The predicted molar refractivity (Wildman–Crippen MR) is 86.7 cm³/mol. The van der Waals surface area contributed by atoms with E-state index in [9.17, 15) is 4.79 Å². The highest BCUT2D eigenvalue weighted by molar-refractivity contribution is 6.31. The number of amides is 1. The summed E-state index contributed by atoms with van der Waals surface area (Å²) >= 11 is 6.04. The van der Waals surface area contributed by atoms with Crippen LogP contribution in [0.5, 0.6) is 5.75 Å². The van der Waals surface area contributed by atoms with E-state index in [0.717, 1.165) is 17.0 Å². The summed E-state index contributed by atoms with van der Waals surface area (Å²) in [5.74, 6) is 0.680. The van der Waals surface area contributed by atoms with E-state index in [1.54, 1.807) is 43.1 Å². The molecule has 2 rings (SSSR count). The lowest BCUT2D eigenvalue weighted by atomic mass is 10.2. The van der Waals surface area contributed by atoms with Crippen LogP contribution >= 0.6 is 11.6 Å². The van der Waals surface area contributed by atoms with Crippen LogP contribution in [0.4, 0.5) is 0 Å². The zero-order valence-electron chi connectivity index (χ0n) is 12.8. The second kappa shape index (κ2) is 7.13. The Kier molecular flexibility index (Phi) is 5.22. The molecule has 116 valence electrons. The van der Waals surface area contributed by atoms with Crippen LogP contribution in [-0.4, -0.2) is 34.7 Å². The van der Waals surface area contributed by atoms with Crippen LogP contribution in [0.2, 0.25) is 5.02 Å². The Balaban J connectivity index is 2.00. The van der Waals surface area contributed by atoms with Crippen LogP contribution < -0.4 is 4.74 Å². The first-order valence-corrected chi connectivity index (χ1v) is 7.12. The van der Waals surface area contributed by atoms with E-state index in [1.807, 2.05) is 24.3 Å². The maximum absolute atomic E-state index is 12.1. The summed E-state index contributed by atoms with van der Waals surface area (Å²) < 4.78 is 6.76. The van der Waals surface area contributed by atoms with Crippen LogP contribution in [0.15, 0.2) is 36.5 Å². The Morgan fingerprint density at radius 1 is 1.41 bits per heavy atom. The minimum absolute atomic E-state index is 0.104. The maximum atomic E-state index is 12.1. The van der Waals surface area contributed by atoms with Crippen molar-refractivity contribution in [2.45, 2.75) is 6.54 Å². The van der Waals surface area contributed by atoms with Crippen molar-refractivity contribution in [1.29, 1.82) is 0 Å². The zero-order chi connectivity index (χ0) is 16.1. The molecule has 0 saturated carbocycles. The SMILES string of the molecule is COc1ccc(/C=C/C(=O)N(C)Cc2c(Cl)cnn2C)cc1. The summed E-state index contributed by atoms with van der Waals surface area (Å²) in [6, 6.07) is 7.48. The van der Waals surface area contributed by atoms with Gasteiger partial charge >= 0.3 is 0 Å². The Hall–Kier alpha value is -2.27. The first-order valence-electron chi connectivity index (χ1n) is 6.75. The minimum atomic E-state index is -0.104. The molecule has 0 fully saturated rings. The number of halogens is 1. The fourth-order valence-corrected chi connectivity index (χ4v) is 2.15. The van der Waals surface area contributed by atoms with Gasteiger partial charge < -0.3 is 9.64 Å². The summed E-state index contributed by atoms with van der Waals surface area (Å²) in [5, 5.41) is 4.61. The Morgan fingerprint density at radius 3 is 2.64 bits per heavy atom. The van der Waals surface area contributed by atoms with E-state index in [2.05, 4.69) is 5.10 Å². The third-order valence-corrected chi connectivity index (χ3v) is 3.62. The Bertz CT molecular complexity index is 658. The maximum Gasteiger partial charge on any atom is 0.246 e. The third kappa shape index (κ3) is 3.89. The van der Waals surface area contributed by atoms with Gasteiger partial charge in [-0.2, -0.15) is 5.10 Å². The summed E-state index contributed by atoms with van der Waals surface area (Å²) in [5.41, 5.74) is 1.73. The van der Waals surface area contributed by atoms with Gasteiger partial charge in [0.15, 0.2) is 0 Å². The largest absolute Gasteiger partial charge is 0.497 e. The highest BCUT2D eigenvalue weighted by Crippen LogP contribution is 2.16. The number of ether oxygens (including phenoxy) is 1. The molecule has 6 heteroatoms. The number of likely N-dealkylation sites (N-methyl/N-ethyl adjacent to an activating group) is 1. The predicted octanol–water partition coefficient (Wildman–Crippen LogP) is 2.75. The number of rotatable bonds is 5. The number of carbonyl (C=O) groups excluding carboxylic acids is 1. The first-order chi connectivity index (χ1) is 10.5. The van der Waals surface area contributed by atoms with Gasteiger partial charge in [0.25, 0.3) is 0 Å². The van der Waals surface area contributed by atoms with Crippen LogP contribution in [0, 0.1) is 0 Å². The molecule has 1 aromatic heterocycles. The third-order valence-electron chi connectivity index (χ3n) is 3.31. The molecule has 0 N–H and O–H groups in total. The number of hydrogen-bond donors (Lipinski definition) is 0. The average Bonchev–Trinajstić information content (AvgIpc) is 2.84. The molecule has 0 radical (unpaired) electrons. The lowest BCUT2D eigenvalue weighted by molar-refractivity contribution is -0.125. The quantitative estimate of drug-likeness (QED) is 0.796. The van der Waals surface area contributed by atoms with Crippen molar-refractivity contribution < 1.29 is 9.53 Å². The van der Waals surface area contributed by atoms with Crippen molar-refractivity contribution in [3.05, 3.63) is 52.8 Å². The topological polar surface area (TPSA) is 47.4 Å². The molecule has 1 heterocycles. The van der Waals surface area contributed by atoms with Crippen molar-refractivity contribution in [3.63, 3.8) is 0 Å². The molecule has 2 aromatic rings. The van der Waals surface area contributed by atoms with E-state index in [4.69, 9.17) is 16.3 Å². The molecule has 0 spiro atoms. The number of aryl methyl sites for hydroxylation is 1. The van der Waals surface area contributed by atoms with Crippen molar-refractivity contribution >= 4 is 23.6 Å². The van der Waals surface area contributed by atoms with Gasteiger partial charge in [0.1, 0.15) is 5.75 Å². The molecule has 0 aliphatic carbocycles. The van der Waals surface area contributed by atoms with Crippen molar-refractivity contribution in [1.82, 2.24) is 14.7 Å². The van der Waals surface area contributed by atoms with Gasteiger partial charge in [-0.25, -0.2) is 0 Å². The molecular formula is C16H18ClN3O2. The monoisotopic (exact) mass is 319 g/mol. The van der Waals surface area contributed by atoms with E-state index in [-0.39, 0.29) is 5.91 Å². The van der Waals surface area contributed by atoms with Crippen LogP contribution in [0.25, 0.3) is 6.08 Å². The van der Waals surface area contributed by atoms with Crippen LogP contribution in [-0.2, 0) is 18.4 Å². The number of carbonyl (C=O) groups is 1. The smallest absolute Gasteiger partial charge is 0.246 e. The van der Waals surface area contributed by atoms with Gasteiger partial charge in [0.2, 0.25) is 5.91 Å². The van der Waals surface area contributed by atoms with Gasteiger partial charge in [0, 0.05) is 20.2 Å². The molecule has 0 bridgehead atoms. The van der Waals surface area contributed by atoms with Crippen LogP contribution in [0.1, 0.15) is 11.3 Å². The molecule has 0 saturated heterocycles. The fraction of sp³-hybridized carbons (Fsp3) is 0.250. The number of hydrogen-bond acceptors (Lipinski definition) is 3. The standard InChI is InChI=1S/C16H18ClN3O2/c1-19(11-15-14(17)10-18-20(15)2)16(21)9-6-12-4-7-13(22-3)8-5-12/h4-10H,11H2,1-3H3/b9-6+. The summed E-state index contributed by atoms with van der Waals surface area (Å²) in [4.78, 5) is 13.7. The molecule has 1 aromatic carbocycles. The molecule has 0 aliphatic heterocycles. The van der Waals surface area contributed by atoms with Crippen molar-refractivity contribution in [3.8, 4) is 5.75 Å². The lowest BCUT2D eigenvalue weighted by Crippen LogP contribution is -2.25. The Morgan fingerprint density at radius 2 is 2.09 bits per heavy atom. The molecule has 0 atom stereocenters. The molecule has 22 heavy (non-hydrogen) atoms. The zero-order valence-corrected chi connectivity index (χ0v) is 13.5. The number of aromatic nitrogens is 2. The molecule has 0 unspecified atom stereocenters. The Labute approximate surface area is 134 Å². The van der Waals surface area contributed by atoms with E-state index < -0.39 is 0 Å². The molecule has 1 amide bonds. The minimum Gasteiger partial charge on any atom is -0.497 e. The second-order valence-electron chi connectivity index (χ2n) is 4.86. The first kappa shape index (κ1) is 16.1. The lowest BCUT2D eigenvalue weighted by Gasteiger charge is -2.15. The van der Waals surface area contributed by atoms with Gasteiger partial charge in [-0.3, -0.25) is 9.48 Å². The van der Waals surface area contributed by atoms with Gasteiger partial charge in [-0.15, -0.1) is 0 Å². The van der Waals surface area contributed by atoms with E-state index in [1.165, 1.54) is 6.08 Å². The highest BCUT2D eigenvalue weighted by Gasteiger charge is 2.12. The van der Waals surface area contributed by atoms with E-state index >= 15 is 0 Å². The number of methoxy groups -OCH3 is 1. The summed E-state index contributed by atoms with van der Waals surface area (Å²) in [6.45, 7) is 0.404. The number of nitrogens with zero attached hydrogens (tertiary/aromatic N) is 3. The van der Waals surface area contributed by atoms with Gasteiger partial charge in [0.05, 0.1) is 30.6 Å². The summed E-state index contributed by atoms with van der Waals surface area (Å²) in [6.07, 6.45) is 4.87. The highest BCUT2D eigenvalue weighted by atomic mass is 35.5. The molecule has 0 aliphatic rings. The van der Waals surface area contributed by atoms with Crippen LogP contribution in [0.3, 0.4) is 0 Å². The number of benzene rings is 1. The van der Waals surface area contributed by atoms with E-state index in [0.29, 0.717) is 11.6 Å². The normalized spacial score (nSPS) is 10.9. The fourth-order valence-electron chi connectivity index (χ4n) is 1.93. The average molecular weight is 320 g/mol. The summed E-state index contributed by atoms with van der Waals surface area (Å²) in [7, 11) is 5.14. The van der Waals surface area contributed by atoms with Gasteiger partial charge in [-0.1, -0.05) is 23.7 Å². The van der Waals surface area contributed by atoms with Crippen molar-refractivity contribution in [2.24, 2.45) is 7.05 Å². The second-order valence-corrected chi connectivity index (χ2v) is 5.27. The molecular weight excluding hydrogens is 302 g/mol. The van der Waals surface area contributed by atoms with Gasteiger partial charge in [-0.05, 0) is 23.8 Å².